The van der Waals surface area contributed by atoms with E-state index >= 15 is 0 Å². The van der Waals surface area contributed by atoms with Crippen molar-refractivity contribution in [3.8, 4) is 0 Å². The van der Waals surface area contributed by atoms with E-state index in [1.807, 2.05) is 152 Å². The first-order valence-electron chi connectivity index (χ1n) is 15.8. The minimum absolute atomic E-state index is 0.207. The molecular weight excluding hydrogens is 576 g/mol. The lowest BCUT2D eigenvalue weighted by atomic mass is 9.83. The SMILES string of the molecule is O[C@@H]1C(OCc2ccccc2)[C@H](O)[C@@H](OCc2ccccc2)C(OC(c2ccccc2)c2ccccc2)[C@H]1OCc1ccccc1. The zero-order valence-electron chi connectivity index (χ0n) is 25.6. The van der Waals surface area contributed by atoms with E-state index in [9.17, 15) is 10.2 Å². The molecule has 1 fully saturated rings. The van der Waals surface area contributed by atoms with Crippen LogP contribution >= 0.6 is 0 Å². The molecule has 6 atom stereocenters. The van der Waals surface area contributed by atoms with Crippen LogP contribution < -0.4 is 0 Å². The summed E-state index contributed by atoms with van der Waals surface area (Å²) in [6, 6.07) is 49.2. The average Bonchev–Trinajstić information content (AvgIpc) is 3.12. The average molecular weight is 617 g/mol. The van der Waals surface area contributed by atoms with E-state index in [-0.39, 0.29) is 19.8 Å². The predicted octanol–water partition coefficient (Wildman–Crippen LogP) is 6.65. The third-order valence-corrected chi connectivity index (χ3v) is 8.35. The van der Waals surface area contributed by atoms with Crippen LogP contribution in [-0.2, 0) is 38.8 Å². The Kier molecular flexibility index (Phi) is 11.0. The molecule has 5 aromatic rings. The highest BCUT2D eigenvalue weighted by atomic mass is 16.6. The minimum atomic E-state index is -1.21. The van der Waals surface area contributed by atoms with Crippen molar-refractivity contribution < 1.29 is 29.2 Å². The Labute approximate surface area is 270 Å². The standard InChI is InChI=1S/C40H40O6/c41-34-37(43-26-29-16-6-1-7-17-29)35(42)39(45-28-31-20-10-3-11-21-31)40(38(34)44-27-30-18-8-2-9-19-30)46-36(32-22-12-4-13-23-32)33-24-14-5-15-25-33/h1-25,34-42H,26-28H2/t34-,35+,37?,38+,39-,40?. The summed E-state index contributed by atoms with van der Waals surface area (Å²) in [7, 11) is 0. The molecule has 5 aromatic carbocycles. The van der Waals surface area contributed by atoms with Crippen LogP contribution in [0, 0.1) is 0 Å². The van der Waals surface area contributed by atoms with Gasteiger partial charge in [0, 0.05) is 0 Å². The highest BCUT2D eigenvalue weighted by Gasteiger charge is 2.53. The van der Waals surface area contributed by atoms with E-state index in [1.165, 1.54) is 0 Å². The van der Waals surface area contributed by atoms with Crippen molar-refractivity contribution in [1.29, 1.82) is 0 Å². The van der Waals surface area contributed by atoms with Gasteiger partial charge in [0.15, 0.2) is 0 Å². The van der Waals surface area contributed by atoms with Gasteiger partial charge < -0.3 is 29.2 Å². The van der Waals surface area contributed by atoms with Crippen molar-refractivity contribution in [3.05, 3.63) is 179 Å². The van der Waals surface area contributed by atoms with Crippen molar-refractivity contribution >= 4 is 0 Å². The Balaban J connectivity index is 1.36. The van der Waals surface area contributed by atoms with E-state index in [0.29, 0.717) is 0 Å². The van der Waals surface area contributed by atoms with Crippen molar-refractivity contribution in [3.63, 3.8) is 0 Å². The second-order valence-corrected chi connectivity index (χ2v) is 11.6. The van der Waals surface area contributed by atoms with Gasteiger partial charge in [-0.25, -0.2) is 0 Å². The minimum Gasteiger partial charge on any atom is -0.387 e. The number of aliphatic hydroxyl groups is 2. The number of rotatable bonds is 13. The second kappa shape index (κ2) is 15.9. The maximum Gasteiger partial charge on any atom is 0.116 e. The predicted molar refractivity (Wildman–Crippen MR) is 177 cm³/mol. The molecule has 2 unspecified atom stereocenters. The molecule has 6 rings (SSSR count). The Morgan fingerprint density at radius 1 is 0.391 bits per heavy atom. The monoisotopic (exact) mass is 616 g/mol. The second-order valence-electron chi connectivity index (χ2n) is 11.6. The van der Waals surface area contributed by atoms with E-state index in [1.54, 1.807) is 0 Å². The molecule has 0 amide bonds. The smallest absolute Gasteiger partial charge is 0.116 e. The largest absolute Gasteiger partial charge is 0.387 e. The molecule has 1 aliphatic rings. The summed E-state index contributed by atoms with van der Waals surface area (Å²) in [6.45, 7) is 0.673. The molecule has 2 N–H and O–H groups in total. The first-order valence-corrected chi connectivity index (χ1v) is 15.8. The normalized spacial score (nSPS) is 22.9. The summed E-state index contributed by atoms with van der Waals surface area (Å²) in [5.74, 6) is 0. The number of hydrogen-bond donors (Lipinski definition) is 2. The lowest BCUT2D eigenvalue weighted by Gasteiger charge is -2.47. The van der Waals surface area contributed by atoms with Crippen LogP contribution in [0.25, 0.3) is 0 Å². The van der Waals surface area contributed by atoms with Crippen LogP contribution in [0.1, 0.15) is 33.9 Å². The molecule has 6 nitrogen and oxygen atoms in total. The fraction of sp³-hybridized carbons (Fsp3) is 0.250. The van der Waals surface area contributed by atoms with Gasteiger partial charge in [-0.1, -0.05) is 152 Å². The molecule has 0 bridgehead atoms. The van der Waals surface area contributed by atoms with Crippen molar-refractivity contribution in [2.24, 2.45) is 0 Å². The van der Waals surface area contributed by atoms with Crippen molar-refractivity contribution in [2.45, 2.75) is 62.5 Å². The van der Waals surface area contributed by atoms with Gasteiger partial charge >= 0.3 is 0 Å². The highest BCUT2D eigenvalue weighted by molar-refractivity contribution is 5.30. The van der Waals surface area contributed by atoms with Gasteiger partial charge in [0.1, 0.15) is 42.7 Å². The lowest BCUT2D eigenvalue weighted by Crippen LogP contribution is -2.66. The first-order chi connectivity index (χ1) is 22.7. The molecule has 0 aliphatic heterocycles. The molecule has 0 radical (unpaired) electrons. The van der Waals surface area contributed by atoms with E-state index in [0.717, 1.165) is 27.8 Å². The number of hydrogen-bond acceptors (Lipinski definition) is 6. The molecule has 0 heterocycles. The zero-order chi connectivity index (χ0) is 31.6. The first kappa shape index (κ1) is 31.8. The van der Waals surface area contributed by atoms with E-state index in [2.05, 4.69) is 0 Å². The maximum absolute atomic E-state index is 11.9. The van der Waals surface area contributed by atoms with Gasteiger partial charge in [-0.2, -0.15) is 0 Å². The zero-order valence-corrected chi connectivity index (χ0v) is 25.6. The molecule has 0 spiro atoms. The topological polar surface area (TPSA) is 77.4 Å². The molecule has 236 valence electrons. The lowest BCUT2D eigenvalue weighted by molar-refractivity contribution is -0.276. The van der Waals surface area contributed by atoms with Crippen LogP contribution in [0.15, 0.2) is 152 Å². The summed E-state index contributed by atoms with van der Waals surface area (Å²) >= 11 is 0. The molecule has 46 heavy (non-hydrogen) atoms. The number of aliphatic hydroxyl groups excluding tert-OH is 2. The fourth-order valence-electron chi connectivity index (χ4n) is 5.95. The van der Waals surface area contributed by atoms with Crippen LogP contribution in [0.5, 0.6) is 0 Å². The van der Waals surface area contributed by atoms with Crippen LogP contribution in [0.2, 0.25) is 0 Å². The summed E-state index contributed by atoms with van der Waals surface area (Å²) in [4.78, 5) is 0. The van der Waals surface area contributed by atoms with Gasteiger partial charge in [0.05, 0.1) is 19.8 Å². The summed E-state index contributed by atoms with van der Waals surface area (Å²) in [5, 5.41) is 23.9. The summed E-state index contributed by atoms with van der Waals surface area (Å²) < 4.78 is 26.3. The Bertz CT molecular complexity index is 1470. The Morgan fingerprint density at radius 3 is 1.04 bits per heavy atom. The third-order valence-electron chi connectivity index (χ3n) is 8.35. The van der Waals surface area contributed by atoms with E-state index in [4.69, 9.17) is 18.9 Å². The van der Waals surface area contributed by atoms with Crippen LogP contribution in [0.3, 0.4) is 0 Å². The molecule has 0 aromatic heterocycles. The molecular formula is C40H40O6. The maximum atomic E-state index is 11.9. The number of ether oxygens (including phenoxy) is 4. The number of benzene rings is 5. The molecule has 6 heteroatoms. The van der Waals surface area contributed by atoms with E-state index < -0.39 is 42.7 Å². The van der Waals surface area contributed by atoms with Gasteiger partial charge in [0.25, 0.3) is 0 Å². The van der Waals surface area contributed by atoms with Crippen LogP contribution in [-0.4, -0.2) is 46.8 Å². The quantitative estimate of drug-likeness (QED) is 0.154. The van der Waals surface area contributed by atoms with Gasteiger partial charge in [-0.3, -0.25) is 0 Å². The van der Waals surface area contributed by atoms with Crippen LogP contribution in [0.4, 0.5) is 0 Å². The summed E-state index contributed by atoms with van der Waals surface area (Å²) in [5.41, 5.74) is 4.70. The van der Waals surface area contributed by atoms with Crippen molar-refractivity contribution in [1.82, 2.24) is 0 Å². The van der Waals surface area contributed by atoms with Crippen molar-refractivity contribution in [2.75, 3.05) is 0 Å². The molecule has 0 saturated heterocycles. The third kappa shape index (κ3) is 7.98. The molecule has 1 saturated carbocycles. The van der Waals surface area contributed by atoms with Gasteiger partial charge in [-0.05, 0) is 27.8 Å². The Morgan fingerprint density at radius 2 is 0.696 bits per heavy atom. The molecule has 1 aliphatic carbocycles. The van der Waals surface area contributed by atoms with Gasteiger partial charge in [-0.15, -0.1) is 0 Å². The fourth-order valence-corrected chi connectivity index (χ4v) is 5.95. The van der Waals surface area contributed by atoms with Gasteiger partial charge in [0.2, 0.25) is 0 Å². The highest BCUT2D eigenvalue weighted by Crippen LogP contribution is 2.37. The summed E-state index contributed by atoms with van der Waals surface area (Å²) in [6.07, 6.45) is -6.57. The Hall–Kier alpha value is -4.14.